The molecule has 6 nitrogen and oxygen atoms in total. The molecule has 20 heavy (non-hydrogen) atoms. The molecule has 0 spiro atoms. The lowest BCUT2D eigenvalue weighted by atomic mass is 10.2. The van der Waals surface area contributed by atoms with Crippen LogP contribution in [0.25, 0.3) is 0 Å². The van der Waals surface area contributed by atoms with Crippen molar-refractivity contribution in [2.24, 2.45) is 0 Å². The van der Waals surface area contributed by atoms with Gasteiger partial charge in [-0.1, -0.05) is 0 Å². The topological polar surface area (TPSA) is 65.5 Å². The third-order valence-electron chi connectivity index (χ3n) is 3.18. The fourth-order valence-electron chi connectivity index (χ4n) is 2.09. The van der Waals surface area contributed by atoms with E-state index in [0.717, 1.165) is 6.20 Å². The van der Waals surface area contributed by atoms with Crippen molar-refractivity contribution in [3.63, 3.8) is 0 Å². The lowest BCUT2D eigenvalue weighted by Gasteiger charge is -2.34. The number of carbonyl (C=O) groups is 2. The molecule has 0 atom stereocenters. The van der Waals surface area contributed by atoms with Gasteiger partial charge in [0.1, 0.15) is 0 Å². The summed E-state index contributed by atoms with van der Waals surface area (Å²) in [5.41, 5.74) is 0.0199. The Morgan fingerprint density at radius 2 is 1.95 bits per heavy atom. The van der Waals surface area contributed by atoms with E-state index in [1.165, 1.54) is 12.3 Å². The third-order valence-corrected chi connectivity index (χ3v) is 3.18. The highest BCUT2D eigenvalue weighted by atomic mass is 19.1. The molecule has 0 bridgehead atoms. The Labute approximate surface area is 116 Å². The highest BCUT2D eigenvalue weighted by Crippen LogP contribution is 2.11. The van der Waals surface area contributed by atoms with Crippen molar-refractivity contribution in [1.29, 1.82) is 0 Å². The molecule has 0 radical (unpaired) electrons. The number of urea groups is 1. The molecule has 1 aromatic heterocycles. The van der Waals surface area contributed by atoms with Gasteiger partial charge in [-0.3, -0.25) is 9.78 Å². The SMILES string of the molecule is CCNC(=O)N1CCN(C(=O)c2ccncc2F)CC1. The van der Waals surface area contributed by atoms with Gasteiger partial charge in [0.2, 0.25) is 0 Å². The van der Waals surface area contributed by atoms with E-state index in [4.69, 9.17) is 0 Å². The van der Waals surface area contributed by atoms with E-state index in [1.54, 1.807) is 9.80 Å². The van der Waals surface area contributed by atoms with E-state index in [1.807, 2.05) is 6.92 Å². The standard InChI is InChI=1S/C13H17FN4O2/c1-2-16-13(20)18-7-5-17(6-8-18)12(19)10-3-4-15-9-11(10)14/h3-4,9H,2,5-8H2,1H3,(H,16,20). The minimum absolute atomic E-state index is 0.0199. The first-order valence-corrected chi connectivity index (χ1v) is 6.55. The number of halogens is 1. The van der Waals surface area contributed by atoms with Gasteiger partial charge in [-0.05, 0) is 13.0 Å². The van der Waals surface area contributed by atoms with Crippen LogP contribution in [0.1, 0.15) is 17.3 Å². The van der Waals surface area contributed by atoms with Crippen LogP contribution in [0.15, 0.2) is 18.5 Å². The Kier molecular flexibility index (Phi) is 4.49. The minimum Gasteiger partial charge on any atom is -0.338 e. The molecule has 1 fully saturated rings. The van der Waals surface area contributed by atoms with E-state index in [2.05, 4.69) is 10.3 Å². The first kappa shape index (κ1) is 14.2. The number of nitrogens with one attached hydrogen (secondary N) is 1. The van der Waals surface area contributed by atoms with Crippen molar-refractivity contribution >= 4 is 11.9 Å². The molecular weight excluding hydrogens is 263 g/mol. The zero-order valence-corrected chi connectivity index (χ0v) is 11.3. The average molecular weight is 280 g/mol. The van der Waals surface area contributed by atoms with Gasteiger partial charge in [0.15, 0.2) is 5.82 Å². The molecule has 0 unspecified atom stereocenters. The molecule has 0 aromatic carbocycles. The molecule has 108 valence electrons. The molecule has 1 aliphatic rings. The van der Waals surface area contributed by atoms with Gasteiger partial charge in [-0.25, -0.2) is 9.18 Å². The second-order valence-corrected chi connectivity index (χ2v) is 4.47. The van der Waals surface area contributed by atoms with Gasteiger partial charge in [0.25, 0.3) is 5.91 Å². The van der Waals surface area contributed by atoms with Crippen molar-refractivity contribution in [3.8, 4) is 0 Å². The number of hydrogen-bond donors (Lipinski definition) is 1. The third kappa shape index (κ3) is 3.04. The van der Waals surface area contributed by atoms with Crippen molar-refractivity contribution in [2.45, 2.75) is 6.92 Å². The maximum atomic E-state index is 13.5. The summed E-state index contributed by atoms with van der Waals surface area (Å²) in [7, 11) is 0. The van der Waals surface area contributed by atoms with Crippen LogP contribution in [0.4, 0.5) is 9.18 Å². The average Bonchev–Trinajstić information content (AvgIpc) is 2.47. The Morgan fingerprint density at radius 3 is 2.55 bits per heavy atom. The summed E-state index contributed by atoms with van der Waals surface area (Å²) < 4.78 is 13.5. The first-order valence-electron chi connectivity index (χ1n) is 6.55. The quantitative estimate of drug-likeness (QED) is 0.867. The van der Waals surface area contributed by atoms with Crippen LogP contribution in [-0.4, -0.2) is 59.4 Å². The molecule has 2 heterocycles. The molecular formula is C13H17FN4O2. The number of pyridine rings is 1. The van der Waals surface area contributed by atoms with Crippen molar-refractivity contribution in [2.75, 3.05) is 32.7 Å². The fraction of sp³-hybridized carbons (Fsp3) is 0.462. The second-order valence-electron chi connectivity index (χ2n) is 4.47. The zero-order valence-electron chi connectivity index (χ0n) is 11.3. The molecule has 1 N–H and O–H groups in total. The predicted octanol–water partition coefficient (Wildman–Crippen LogP) is 0.708. The van der Waals surface area contributed by atoms with Gasteiger partial charge in [0.05, 0.1) is 11.8 Å². The molecule has 3 amide bonds. The summed E-state index contributed by atoms with van der Waals surface area (Å²) in [5.74, 6) is -0.982. The summed E-state index contributed by atoms with van der Waals surface area (Å²) in [6.07, 6.45) is 2.42. The zero-order chi connectivity index (χ0) is 14.5. The van der Waals surface area contributed by atoms with E-state index >= 15 is 0 Å². The van der Waals surface area contributed by atoms with Crippen LogP contribution in [0.5, 0.6) is 0 Å². The maximum absolute atomic E-state index is 13.5. The van der Waals surface area contributed by atoms with E-state index in [0.29, 0.717) is 32.7 Å². The van der Waals surface area contributed by atoms with E-state index in [-0.39, 0.29) is 17.5 Å². The maximum Gasteiger partial charge on any atom is 0.317 e. The number of hydrogen-bond acceptors (Lipinski definition) is 3. The number of aromatic nitrogens is 1. The van der Waals surface area contributed by atoms with Crippen LogP contribution in [0.2, 0.25) is 0 Å². The number of carbonyl (C=O) groups excluding carboxylic acids is 2. The lowest BCUT2D eigenvalue weighted by Crippen LogP contribution is -2.53. The molecule has 2 rings (SSSR count). The first-order chi connectivity index (χ1) is 9.63. The number of nitrogens with zero attached hydrogens (tertiary/aromatic N) is 3. The van der Waals surface area contributed by atoms with Crippen molar-refractivity contribution in [1.82, 2.24) is 20.1 Å². The summed E-state index contributed by atoms with van der Waals surface area (Å²) in [6, 6.07) is 1.24. The van der Waals surface area contributed by atoms with Crippen LogP contribution >= 0.6 is 0 Å². The van der Waals surface area contributed by atoms with Crippen molar-refractivity contribution < 1.29 is 14.0 Å². The van der Waals surface area contributed by atoms with Crippen LogP contribution in [0.3, 0.4) is 0 Å². The highest BCUT2D eigenvalue weighted by molar-refractivity contribution is 5.94. The molecule has 1 aromatic rings. The van der Waals surface area contributed by atoms with Gasteiger partial charge >= 0.3 is 6.03 Å². The smallest absolute Gasteiger partial charge is 0.317 e. The summed E-state index contributed by atoms with van der Waals surface area (Å²) in [6.45, 7) is 4.12. The van der Waals surface area contributed by atoms with Gasteiger partial charge in [0, 0.05) is 38.9 Å². The Hall–Kier alpha value is -2.18. The van der Waals surface area contributed by atoms with Crippen molar-refractivity contribution in [3.05, 3.63) is 29.8 Å². The lowest BCUT2D eigenvalue weighted by molar-refractivity contribution is 0.0660. The normalized spacial score (nSPS) is 15.1. The second kappa shape index (κ2) is 6.31. The number of piperazine rings is 1. The van der Waals surface area contributed by atoms with Crippen LogP contribution in [-0.2, 0) is 0 Å². The van der Waals surface area contributed by atoms with Gasteiger partial charge < -0.3 is 15.1 Å². The Balaban J connectivity index is 1.96. The van der Waals surface area contributed by atoms with E-state index in [9.17, 15) is 14.0 Å². The van der Waals surface area contributed by atoms with E-state index < -0.39 is 5.82 Å². The molecule has 1 saturated heterocycles. The molecule has 0 aliphatic carbocycles. The summed E-state index contributed by atoms with van der Waals surface area (Å²) >= 11 is 0. The monoisotopic (exact) mass is 280 g/mol. The predicted molar refractivity (Wildman–Crippen MR) is 70.7 cm³/mol. The fourth-order valence-corrected chi connectivity index (χ4v) is 2.09. The molecule has 0 saturated carbocycles. The molecule has 7 heteroatoms. The number of amides is 3. The summed E-state index contributed by atoms with van der Waals surface area (Å²) in [4.78, 5) is 30.6. The Bertz CT molecular complexity index is 501. The van der Waals surface area contributed by atoms with Gasteiger partial charge in [-0.15, -0.1) is 0 Å². The highest BCUT2D eigenvalue weighted by Gasteiger charge is 2.25. The Morgan fingerprint density at radius 1 is 1.30 bits per heavy atom. The van der Waals surface area contributed by atoms with Crippen LogP contribution in [0, 0.1) is 5.82 Å². The summed E-state index contributed by atoms with van der Waals surface area (Å²) in [5, 5.41) is 2.72. The molecule has 1 aliphatic heterocycles. The van der Waals surface area contributed by atoms with Gasteiger partial charge in [-0.2, -0.15) is 0 Å². The minimum atomic E-state index is -0.622. The largest absolute Gasteiger partial charge is 0.338 e. The number of rotatable bonds is 2. The van der Waals surface area contributed by atoms with Crippen LogP contribution < -0.4 is 5.32 Å².